The SMILES string of the molecule is CCCOCCCNc1nc(C)cc(C(=O)O)n1. The van der Waals surface area contributed by atoms with Crippen LogP contribution in [0.15, 0.2) is 6.07 Å². The lowest BCUT2D eigenvalue weighted by Gasteiger charge is -2.06. The van der Waals surface area contributed by atoms with Crippen LogP contribution in [0.25, 0.3) is 0 Å². The van der Waals surface area contributed by atoms with E-state index in [4.69, 9.17) is 9.84 Å². The summed E-state index contributed by atoms with van der Waals surface area (Å²) in [4.78, 5) is 18.8. The topological polar surface area (TPSA) is 84.3 Å². The summed E-state index contributed by atoms with van der Waals surface area (Å²) in [7, 11) is 0. The Morgan fingerprint density at radius 3 is 2.89 bits per heavy atom. The van der Waals surface area contributed by atoms with Crippen molar-refractivity contribution >= 4 is 11.9 Å². The van der Waals surface area contributed by atoms with Crippen molar-refractivity contribution < 1.29 is 14.6 Å². The van der Waals surface area contributed by atoms with Crippen molar-refractivity contribution in [1.29, 1.82) is 0 Å². The summed E-state index contributed by atoms with van der Waals surface area (Å²) >= 11 is 0. The molecule has 0 saturated heterocycles. The maximum atomic E-state index is 10.8. The van der Waals surface area contributed by atoms with E-state index in [0.717, 1.165) is 19.4 Å². The number of carboxylic acid groups (broad SMARTS) is 1. The van der Waals surface area contributed by atoms with E-state index in [0.29, 0.717) is 24.8 Å². The average Bonchev–Trinajstić information content (AvgIpc) is 2.33. The fourth-order valence-corrected chi connectivity index (χ4v) is 1.38. The number of aromatic nitrogens is 2. The Balaban J connectivity index is 2.40. The Labute approximate surface area is 106 Å². The van der Waals surface area contributed by atoms with E-state index < -0.39 is 5.97 Å². The first-order valence-electron chi connectivity index (χ1n) is 6.04. The van der Waals surface area contributed by atoms with E-state index >= 15 is 0 Å². The van der Waals surface area contributed by atoms with E-state index in [1.165, 1.54) is 6.07 Å². The van der Waals surface area contributed by atoms with E-state index in [9.17, 15) is 4.79 Å². The summed E-state index contributed by atoms with van der Waals surface area (Å²) in [6, 6.07) is 1.44. The number of nitrogens with zero attached hydrogens (tertiary/aromatic N) is 2. The second-order valence-corrected chi connectivity index (χ2v) is 3.92. The van der Waals surface area contributed by atoms with Crippen LogP contribution < -0.4 is 5.32 Å². The molecule has 0 aliphatic rings. The molecule has 18 heavy (non-hydrogen) atoms. The molecule has 2 N–H and O–H groups in total. The first kappa shape index (κ1) is 14.4. The molecule has 0 aromatic carbocycles. The van der Waals surface area contributed by atoms with Crippen LogP contribution in [-0.4, -0.2) is 40.8 Å². The highest BCUT2D eigenvalue weighted by Gasteiger charge is 2.07. The Morgan fingerprint density at radius 1 is 1.44 bits per heavy atom. The van der Waals surface area contributed by atoms with Crippen molar-refractivity contribution in [3.05, 3.63) is 17.5 Å². The molecule has 0 radical (unpaired) electrons. The highest BCUT2D eigenvalue weighted by molar-refractivity contribution is 5.85. The summed E-state index contributed by atoms with van der Waals surface area (Å²) in [6.07, 6.45) is 1.84. The van der Waals surface area contributed by atoms with Crippen LogP contribution in [0.3, 0.4) is 0 Å². The number of anilines is 1. The third-order valence-electron chi connectivity index (χ3n) is 2.17. The van der Waals surface area contributed by atoms with Gasteiger partial charge in [0.1, 0.15) is 0 Å². The quantitative estimate of drug-likeness (QED) is 0.686. The smallest absolute Gasteiger partial charge is 0.354 e. The van der Waals surface area contributed by atoms with Crippen LogP contribution in [0.4, 0.5) is 5.95 Å². The molecule has 0 aliphatic carbocycles. The van der Waals surface area contributed by atoms with Crippen LogP contribution >= 0.6 is 0 Å². The number of carbonyl (C=O) groups is 1. The number of aryl methyl sites for hydroxylation is 1. The molecule has 1 aromatic rings. The van der Waals surface area contributed by atoms with Gasteiger partial charge in [0, 0.05) is 25.5 Å². The molecule has 6 heteroatoms. The maximum absolute atomic E-state index is 10.8. The molecule has 1 aromatic heterocycles. The maximum Gasteiger partial charge on any atom is 0.354 e. The molecule has 100 valence electrons. The molecule has 6 nitrogen and oxygen atoms in total. The van der Waals surface area contributed by atoms with E-state index in [2.05, 4.69) is 22.2 Å². The van der Waals surface area contributed by atoms with Gasteiger partial charge in [-0.3, -0.25) is 0 Å². The van der Waals surface area contributed by atoms with Crippen molar-refractivity contribution in [2.24, 2.45) is 0 Å². The predicted molar refractivity (Wildman–Crippen MR) is 67.9 cm³/mol. The number of nitrogens with one attached hydrogen (secondary N) is 1. The third kappa shape index (κ3) is 5.09. The lowest BCUT2D eigenvalue weighted by atomic mass is 10.3. The zero-order valence-corrected chi connectivity index (χ0v) is 10.8. The van der Waals surface area contributed by atoms with Gasteiger partial charge in [-0.25, -0.2) is 14.8 Å². The van der Waals surface area contributed by atoms with E-state index in [-0.39, 0.29) is 5.69 Å². The molecule has 0 bridgehead atoms. The molecule has 0 atom stereocenters. The molecule has 0 aliphatic heterocycles. The van der Waals surface area contributed by atoms with Crippen molar-refractivity contribution in [2.45, 2.75) is 26.7 Å². The Morgan fingerprint density at radius 2 is 2.22 bits per heavy atom. The van der Waals surface area contributed by atoms with Gasteiger partial charge in [-0.2, -0.15) is 0 Å². The van der Waals surface area contributed by atoms with Gasteiger partial charge in [0.15, 0.2) is 5.69 Å². The molecule has 1 heterocycles. The zero-order valence-electron chi connectivity index (χ0n) is 10.8. The summed E-state index contributed by atoms with van der Waals surface area (Å²) in [5.74, 6) is -0.697. The lowest BCUT2D eigenvalue weighted by molar-refractivity contribution is 0.0690. The third-order valence-corrected chi connectivity index (χ3v) is 2.17. The molecule has 0 fully saturated rings. The second kappa shape index (κ2) is 7.60. The average molecular weight is 253 g/mol. The number of aromatic carboxylic acids is 1. The minimum atomic E-state index is -1.05. The van der Waals surface area contributed by atoms with Gasteiger partial charge in [-0.05, 0) is 25.8 Å². The van der Waals surface area contributed by atoms with Crippen LogP contribution in [0.5, 0.6) is 0 Å². The Hall–Kier alpha value is -1.69. The van der Waals surface area contributed by atoms with Crippen LogP contribution in [0.2, 0.25) is 0 Å². The van der Waals surface area contributed by atoms with Crippen LogP contribution in [0, 0.1) is 6.92 Å². The number of carboxylic acids is 1. The van der Waals surface area contributed by atoms with Gasteiger partial charge in [0.05, 0.1) is 0 Å². The van der Waals surface area contributed by atoms with Gasteiger partial charge < -0.3 is 15.2 Å². The molecule has 0 unspecified atom stereocenters. The fourth-order valence-electron chi connectivity index (χ4n) is 1.38. The largest absolute Gasteiger partial charge is 0.477 e. The van der Waals surface area contributed by atoms with Crippen molar-refractivity contribution in [1.82, 2.24) is 9.97 Å². The van der Waals surface area contributed by atoms with Crippen LogP contribution in [0.1, 0.15) is 35.9 Å². The number of hydrogen-bond donors (Lipinski definition) is 2. The van der Waals surface area contributed by atoms with Gasteiger partial charge in [0.25, 0.3) is 0 Å². The van der Waals surface area contributed by atoms with Gasteiger partial charge in [-0.15, -0.1) is 0 Å². The Kier molecular flexibility index (Phi) is 6.07. The van der Waals surface area contributed by atoms with Gasteiger partial charge in [-0.1, -0.05) is 6.92 Å². The van der Waals surface area contributed by atoms with Crippen LogP contribution in [-0.2, 0) is 4.74 Å². The summed E-state index contributed by atoms with van der Waals surface area (Å²) in [6.45, 7) is 5.91. The zero-order chi connectivity index (χ0) is 13.4. The minimum absolute atomic E-state index is 0.00670. The van der Waals surface area contributed by atoms with Crippen molar-refractivity contribution in [3.63, 3.8) is 0 Å². The lowest BCUT2D eigenvalue weighted by Crippen LogP contribution is -2.11. The molecule has 0 saturated carbocycles. The number of ether oxygens (including phenoxy) is 1. The number of hydrogen-bond acceptors (Lipinski definition) is 5. The van der Waals surface area contributed by atoms with Gasteiger partial charge in [0.2, 0.25) is 5.95 Å². The monoisotopic (exact) mass is 253 g/mol. The molecule has 0 amide bonds. The molecular formula is C12H19N3O3. The highest BCUT2D eigenvalue weighted by atomic mass is 16.5. The molecule has 1 rings (SSSR count). The predicted octanol–water partition coefficient (Wildman–Crippen LogP) is 1.71. The standard InChI is InChI=1S/C12H19N3O3/c1-3-6-18-7-4-5-13-12-14-9(2)8-10(15-12)11(16)17/h8H,3-7H2,1-2H3,(H,16,17)(H,13,14,15). The fraction of sp³-hybridized carbons (Fsp3) is 0.583. The first-order valence-corrected chi connectivity index (χ1v) is 6.04. The normalized spacial score (nSPS) is 10.3. The number of rotatable bonds is 8. The molecule has 0 spiro atoms. The second-order valence-electron chi connectivity index (χ2n) is 3.92. The van der Waals surface area contributed by atoms with Gasteiger partial charge >= 0.3 is 5.97 Å². The van der Waals surface area contributed by atoms with Crippen molar-refractivity contribution in [3.8, 4) is 0 Å². The summed E-state index contributed by atoms with van der Waals surface area (Å²) < 4.78 is 5.33. The minimum Gasteiger partial charge on any atom is -0.477 e. The highest BCUT2D eigenvalue weighted by Crippen LogP contribution is 2.04. The van der Waals surface area contributed by atoms with E-state index in [1.807, 2.05) is 0 Å². The molecular weight excluding hydrogens is 234 g/mol. The van der Waals surface area contributed by atoms with E-state index in [1.54, 1.807) is 6.92 Å². The van der Waals surface area contributed by atoms with Crippen molar-refractivity contribution in [2.75, 3.05) is 25.1 Å². The Bertz CT molecular complexity index is 396. The summed E-state index contributed by atoms with van der Waals surface area (Å²) in [5, 5.41) is 11.9. The summed E-state index contributed by atoms with van der Waals surface area (Å²) in [5.41, 5.74) is 0.638. The first-order chi connectivity index (χ1) is 8.63.